The Labute approximate surface area is 88.7 Å². The minimum atomic E-state index is 0.700. The van der Waals surface area contributed by atoms with Crippen LogP contribution in [0.1, 0.15) is 12.0 Å². The van der Waals surface area contributed by atoms with Gasteiger partial charge in [-0.3, -0.25) is 0 Å². The minimum absolute atomic E-state index is 0.700. The SMILES string of the molecule is SCNc1ccc2c(c1)CCCS2. The highest BCUT2D eigenvalue weighted by atomic mass is 32.2. The standard InChI is InChI=1S/C10H13NS2/c12-7-11-9-3-4-10-8(6-9)2-1-5-13-10/h3-4,6,11-12H,1-2,5,7H2. The second kappa shape index (κ2) is 4.29. The third kappa shape index (κ3) is 2.15. The molecule has 0 amide bonds. The lowest BCUT2D eigenvalue weighted by molar-refractivity contribution is 0.890. The summed E-state index contributed by atoms with van der Waals surface area (Å²) in [7, 11) is 0. The van der Waals surface area contributed by atoms with Crippen molar-refractivity contribution in [1.82, 2.24) is 0 Å². The van der Waals surface area contributed by atoms with Gasteiger partial charge in [-0.05, 0) is 42.4 Å². The van der Waals surface area contributed by atoms with Gasteiger partial charge in [0.2, 0.25) is 0 Å². The van der Waals surface area contributed by atoms with Gasteiger partial charge in [-0.1, -0.05) is 0 Å². The Bertz CT molecular complexity index is 299. The van der Waals surface area contributed by atoms with Crippen molar-refractivity contribution in [2.24, 2.45) is 0 Å². The van der Waals surface area contributed by atoms with Gasteiger partial charge < -0.3 is 5.32 Å². The van der Waals surface area contributed by atoms with E-state index in [0.29, 0.717) is 5.88 Å². The predicted octanol–water partition coefficient (Wildman–Crippen LogP) is 3.02. The molecule has 0 atom stereocenters. The molecule has 1 heterocycles. The average Bonchev–Trinajstić information content (AvgIpc) is 2.18. The maximum atomic E-state index is 4.14. The number of thiol groups is 1. The van der Waals surface area contributed by atoms with Crippen molar-refractivity contribution in [3.8, 4) is 0 Å². The van der Waals surface area contributed by atoms with Gasteiger partial charge in [-0.25, -0.2) is 0 Å². The Morgan fingerprint density at radius 2 is 2.38 bits per heavy atom. The van der Waals surface area contributed by atoms with Crippen molar-refractivity contribution < 1.29 is 0 Å². The molecule has 0 aliphatic carbocycles. The Morgan fingerprint density at radius 1 is 1.46 bits per heavy atom. The summed E-state index contributed by atoms with van der Waals surface area (Å²) in [5.41, 5.74) is 2.68. The van der Waals surface area contributed by atoms with Gasteiger partial charge in [0.25, 0.3) is 0 Å². The summed E-state index contributed by atoms with van der Waals surface area (Å²) in [4.78, 5) is 1.45. The first-order chi connectivity index (χ1) is 6.40. The van der Waals surface area contributed by atoms with Crippen LogP contribution in [0.2, 0.25) is 0 Å². The van der Waals surface area contributed by atoms with E-state index in [4.69, 9.17) is 0 Å². The maximum Gasteiger partial charge on any atom is 0.0581 e. The van der Waals surface area contributed by atoms with E-state index in [0.717, 1.165) is 0 Å². The molecule has 1 aromatic carbocycles. The van der Waals surface area contributed by atoms with Crippen LogP contribution in [0.4, 0.5) is 5.69 Å². The van der Waals surface area contributed by atoms with Crippen LogP contribution in [0.3, 0.4) is 0 Å². The lowest BCUT2D eigenvalue weighted by Crippen LogP contribution is -2.00. The number of thioether (sulfide) groups is 1. The molecular formula is C10H13NS2. The smallest absolute Gasteiger partial charge is 0.0581 e. The molecule has 0 saturated carbocycles. The molecule has 0 bridgehead atoms. The number of anilines is 1. The first kappa shape index (κ1) is 9.28. The van der Waals surface area contributed by atoms with Crippen LogP contribution in [0.25, 0.3) is 0 Å². The van der Waals surface area contributed by atoms with Gasteiger partial charge in [-0.2, -0.15) is 12.6 Å². The van der Waals surface area contributed by atoms with Gasteiger partial charge >= 0.3 is 0 Å². The predicted molar refractivity (Wildman–Crippen MR) is 63.0 cm³/mol. The van der Waals surface area contributed by atoms with E-state index in [1.54, 1.807) is 0 Å². The van der Waals surface area contributed by atoms with Crippen molar-refractivity contribution in [2.45, 2.75) is 17.7 Å². The first-order valence-electron chi connectivity index (χ1n) is 4.50. The van der Waals surface area contributed by atoms with Crippen molar-refractivity contribution in [2.75, 3.05) is 16.9 Å². The van der Waals surface area contributed by atoms with E-state index in [1.807, 2.05) is 11.8 Å². The van der Waals surface area contributed by atoms with Gasteiger partial charge in [-0.15, -0.1) is 11.8 Å². The lowest BCUT2D eigenvalue weighted by Gasteiger charge is -2.16. The molecule has 13 heavy (non-hydrogen) atoms. The summed E-state index contributed by atoms with van der Waals surface area (Å²) < 4.78 is 0. The molecule has 0 aromatic heterocycles. The van der Waals surface area contributed by atoms with Crippen LogP contribution in [-0.2, 0) is 6.42 Å². The number of aryl methyl sites for hydroxylation is 1. The molecule has 1 N–H and O–H groups in total. The molecular weight excluding hydrogens is 198 g/mol. The van der Waals surface area contributed by atoms with E-state index < -0.39 is 0 Å². The zero-order valence-electron chi connectivity index (χ0n) is 7.42. The summed E-state index contributed by atoms with van der Waals surface area (Å²) in [5.74, 6) is 1.97. The van der Waals surface area contributed by atoms with Crippen LogP contribution < -0.4 is 5.32 Å². The molecule has 0 unspecified atom stereocenters. The quantitative estimate of drug-likeness (QED) is 0.576. The zero-order valence-corrected chi connectivity index (χ0v) is 9.13. The van der Waals surface area contributed by atoms with E-state index >= 15 is 0 Å². The topological polar surface area (TPSA) is 12.0 Å². The van der Waals surface area contributed by atoms with Crippen molar-refractivity contribution in [3.63, 3.8) is 0 Å². The van der Waals surface area contributed by atoms with Gasteiger partial charge in [0.15, 0.2) is 0 Å². The lowest BCUT2D eigenvalue weighted by atomic mass is 10.1. The molecule has 0 radical (unpaired) electrons. The number of benzene rings is 1. The fourth-order valence-corrected chi connectivity index (χ4v) is 2.76. The van der Waals surface area contributed by atoms with E-state index in [2.05, 4.69) is 36.1 Å². The summed E-state index contributed by atoms with van der Waals surface area (Å²) >= 11 is 6.11. The molecule has 0 saturated heterocycles. The van der Waals surface area contributed by atoms with E-state index in [-0.39, 0.29) is 0 Å². The average molecular weight is 211 g/mol. The van der Waals surface area contributed by atoms with Crippen LogP contribution in [0, 0.1) is 0 Å². The summed E-state index contributed by atoms with van der Waals surface area (Å²) in [5, 5.41) is 3.21. The van der Waals surface area contributed by atoms with Crippen LogP contribution in [-0.4, -0.2) is 11.6 Å². The largest absolute Gasteiger partial charge is 0.376 e. The summed E-state index contributed by atoms with van der Waals surface area (Å²) in [6.07, 6.45) is 2.53. The second-order valence-corrected chi connectivity index (χ2v) is 4.56. The van der Waals surface area contributed by atoms with E-state index in [1.165, 1.54) is 34.7 Å². The molecule has 0 spiro atoms. The third-order valence-electron chi connectivity index (χ3n) is 2.19. The third-order valence-corrected chi connectivity index (χ3v) is 3.55. The van der Waals surface area contributed by atoms with Crippen LogP contribution in [0.5, 0.6) is 0 Å². The highest BCUT2D eigenvalue weighted by molar-refractivity contribution is 7.99. The van der Waals surface area contributed by atoms with Gasteiger partial charge in [0.1, 0.15) is 0 Å². The molecule has 1 aliphatic rings. The Morgan fingerprint density at radius 3 is 3.23 bits per heavy atom. The molecule has 70 valence electrons. The van der Waals surface area contributed by atoms with Crippen LogP contribution >= 0.6 is 24.4 Å². The van der Waals surface area contributed by atoms with Crippen molar-refractivity contribution in [3.05, 3.63) is 23.8 Å². The highest BCUT2D eigenvalue weighted by Gasteiger charge is 2.09. The maximum absolute atomic E-state index is 4.14. The van der Waals surface area contributed by atoms with E-state index in [9.17, 15) is 0 Å². The zero-order chi connectivity index (χ0) is 9.10. The normalized spacial score (nSPS) is 15.2. The molecule has 1 nitrogen and oxygen atoms in total. The van der Waals surface area contributed by atoms with Crippen molar-refractivity contribution >= 4 is 30.1 Å². The molecule has 3 heteroatoms. The highest BCUT2D eigenvalue weighted by Crippen LogP contribution is 2.31. The fourth-order valence-electron chi connectivity index (χ4n) is 1.56. The first-order valence-corrected chi connectivity index (χ1v) is 6.12. The number of rotatable bonds is 2. The number of nitrogens with one attached hydrogen (secondary N) is 1. The molecule has 2 rings (SSSR count). The monoisotopic (exact) mass is 211 g/mol. The summed E-state index contributed by atoms with van der Waals surface area (Å²) in [6.45, 7) is 0. The summed E-state index contributed by atoms with van der Waals surface area (Å²) in [6, 6.07) is 6.59. The Balaban J connectivity index is 2.24. The fraction of sp³-hybridized carbons (Fsp3) is 0.400. The molecule has 1 aliphatic heterocycles. The molecule has 0 fully saturated rings. The second-order valence-electron chi connectivity index (χ2n) is 3.11. The number of fused-ring (bicyclic) bond motifs is 1. The van der Waals surface area contributed by atoms with Crippen molar-refractivity contribution in [1.29, 1.82) is 0 Å². The Hall–Kier alpha value is -0.280. The molecule has 1 aromatic rings. The number of hydrogen-bond donors (Lipinski definition) is 2. The van der Waals surface area contributed by atoms with Gasteiger partial charge in [0, 0.05) is 10.6 Å². The minimum Gasteiger partial charge on any atom is -0.376 e. The Kier molecular flexibility index (Phi) is 3.06. The number of hydrogen-bond acceptors (Lipinski definition) is 3. The van der Waals surface area contributed by atoms with Crippen LogP contribution in [0.15, 0.2) is 23.1 Å². The van der Waals surface area contributed by atoms with Gasteiger partial charge in [0.05, 0.1) is 5.88 Å².